The highest BCUT2D eigenvalue weighted by Gasteiger charge is 2.28. The minimum Gasteiger partial charge on any atom is -0.492 e. The number of rotatable bonds is 3. The Morgan fingerprint density at radius 1 is 1.07 bits per heavy atom. The molecule has 3 heterocycles. The van der Waals surface area contributed by atoms with Gasteiger partial charge >= 0.3 is 0 Å². The Balaban J connectivity index is 1.68. The van der Waals surface area contributed by atoms with Crippen molar-refractivity contribution in [3.05, 3.63) is 78.5 Å². The quantitative estimate of drug-likeness (QED) is 0.588. The molecule has 4 heteroatoms. The lowest BCUT2D eigenvalue weighted by Crippen LogP contribution is -2.34. The fraction of sp³-hybridized carbons (Fsp3) is 0.240. The third kappa shape index (κ3) is 3.15. The van der Waals surface area contributed by atoms with Gasteiger partial charge < -0.3 is 9.47 Å². The lowest BCUT2D eigenvalue weighted by molar-refractivity contribution is -0.604. The van der Waals surface area contributed by atoms with Gasteiger partial charge in [-0.3, -0.25) is 0 Å². The number of hydrogen-bond acceptors (Lipinski definition) is 2. The summed E-state index contributed by atoms with van der Waals surface area (Å²) in [6, 6.07) is 14.6. The smallest absolute Gasteiger partial charge is 0.262 e. The largest absolute Gasteiger partial charge is 0.492 e. The molecule has 5 rings (SSSR count). The number of methoxy groups -OCH3 is 1. The Morgan fingerprint density at radius 3 is 2.86 bits per heavy atom. The molecule has 4 nitrogen and oxygen atoms in total. The van der Waals surface area contributed by atoms with Gasteiger partial charge in [0.1, 0.15) is 17.7 Å². The number of aromatic nitrogens is 2. The molecule has 0 saturated heterocycles. The van der Waals surface area contributed by atoms with Crippen LogP contribution in [0.3, 0.4) is 0 Å². The van der Waals surface area contributed by atoms with Gasteiger partial charge in [0.25, 0.3) is 5.82 Å². The highest BCUT2D eigenvalue weighted by molar-refractivity contribution is 5.70. The van der Waals surface area contributed by atoms with Crippen molar-refractivity contribution in [2.45, 2.75) is 32.2 Å². The number of ether oxygens (including phenoxy) is 2. The minimum absolute atomic E-state index is 0.677. The van der Waals surface area contributed by atoms with Crippen molar-refractivity contribution in [2.24, 2.45) is 0 Å². The lowest BCUT2D eigenvalue weighted by atomic mass is 10.1. The van der Waals surface area contributed by atoms with E-state index in [2.05, 4.69) is 52.3 Å². The number of benzene rings is 2. The third-order valence-electron chi connectivity index (χ3n) is 5.75. The molecule has 0 saturated carbocycles. The van der Waals surface area contributed by atoms with Crippen molar-refractivity contribution in [3.63, 3.8) is 0 Å². The second-order valence-electron chi connectivity index (χ2n) is 7.59. The van der Waals surface area contributed by atoms with E-state index in [1.807, 2.05) is 24.3 Å². The zero-order valence-electron chi connectivity index (χ0n) is 16.7. The highest BCUT2D eigenvalue weighted by Crippen LogP contribution is 2.33. The molecule has 146 valence electrons. The van der Waals surface area contributed by atoms with Crippen LogP contribution in [-0.4, -0.2) is 11.7 Å². The van der Waals surface area contributed by atoms with Crippen LogP contribution in [0.2, 0.25) is 0 Å². The van der Waals surface area contributed by atoms with Crippen molar-refractivity contribution in [1.29, 1.82) is 0 Å². The van der Waals surface area contributed by atoms with Crippen LogP contribution in [0.5, 0.6) is 11.5 Å². The molecule has 0 atom stereocenters. The monoisotopic (exact) mass is 385 g/mol. The molecule has 2 aromatic carbocycles. The van der Waals surface area contributed by atoms with Gasteiger partial charge in [-0.05, 0) is 61.7 Å². The standard InChI is InChI=1S/C25H25N2O2/c1-18-11-12-20-16-19(13-14-23(20)29-18)22-17-27(21-8-5-6-9-24(21)28-2)25-10-4-3-7-15-26(22)25/h5-6,8-9,11-14,16-17H,1,3-4,7,10,15H2,2H3/q+1. The summed E-state index contributed by atoms with van der Waals surface area (Å²) < 4.78 is 16.2. The number of fused-ring (bicyclic) bond motifs is 2. The SMILES string of the molecule is C=C1C=Cc2cc(-c3c[n+](-c4ccccc4OC)c4n3CCCCC4)ccc2O1. The van der Waals surface area contributed by atoms with Crippen LogP contribution in [0.4, 0.5) is 0 Å². The first-order valence-corrected chi connectivity index (χ1v) is 10.2. The van der Waals surface area contributed by atoms with E-state index in [-0.39, 0.29) is 0 Å². The Morgan fingerprint density at radius 2 is 1.97 bits per heavy atom. The van der Waals surface area contributed by atoms with Crippen LogP contribution in [-0.2, 0) is 13.0 Å². The summed E-state index contributed by atoms with van der Waals surface area (Å²) in [6.07, 6.45) is 11.0. The van der Waals surface area contributed by atoms with Gasteiger partial charge in [-0.1, -0.05) is 18.7 Å². The van der Waals surface area contributed by atoms with Crippen molar-refractivity contribution in [2.75, 3.05) is 7.11 Å². The first-order valence-electron chi connectivity index (χ1n) is 10.2. The first-order chi connectivity index (χ1) is 14.2. The van der Waals surface area contributed by atoms with Gasteiger partial charge in [0.2, 0.25) is 0 Å². The Labute approximate surface area is 171 Å². The number of nitrogens with zero attached hydrogens (tertiary/aromatic N) is 2. The van der Waals surface area contributed by atoms with E-state index in [9.17, 15) is 0 Å². The second-order valence-corrected chi connectivity index (χ2v) is 7.59. The summed E-state index contributed by atoms with van der Waals surface area (Å²) >= 11 is 0. The summed E-state index contributed by atoms with van der Waals surface area (Å²) in [4.78, 5) is 0. The maximum atomic E-state index is 5.75. The van der Waals surface area contributed by atoms with E-state index in [0.717, 1.165) is 35.7 Å². The number of para-hydroxylation sites is 2. The van der Waals surface area contributed by atoms with E-state index >= 15 is 0 Å². The molecule has 0 N–H and O–H groups in total. The normalized spacial score (nSPS) is 15.3. The summed E-state index contributed by atoms with van der Waals surface area (Å²) in [5.74, 6) is 3.76. The fourth-order valence-electron chi connectivity index (χ4n) is 4.33. The van der Waals surface area contributed by atoms with Gasteiger partial charge in [-0.25, -0.2) is 4.57 Å². The lowest BCUT2D eigenvalue weighted by Gasteiger charge is -2.14. The Kier molecular flexibility index (Phi) is 4.47. The van der Waals surface area contributed by atoms with Crippen molar-refractivity contribution in [3.8, 4) is 28.4 Å². The van der Waals surface area contributed by atoms with Crippen LogP contribution >= 0.6 is 0 Å². The molecular weight excluding hydrogens is 360 g/mol. The molecule has 3 aromatic rings. The molecule has 0 unspecified atom stereocenters. The molecule has 2 aliphatic rings. The van der Waals surface area contributed by atoms with Crippen LogP contribution in [0.1, 0.15) is 30.7 Å². The molecule has 29 heavy (non-hydrogen) atoms. The fourth-order valence-corrected chi connectivity index (χ4v) is 4.33. The highest BCUT2D eigenvalue weighted by atomic mass is 16.5. The number of allylic oxidation sites excluding steroid dienone is 1. The molecule has 0 aliphatic carbocycles. The summed E-state index contributed by atoms with van der Waals surface area (Å²) in [6.45, 7) is 4.92. The molecule has 2 aliphatic heterocycles. The van der Waals surface area contributed by atoms with Gasteiger partial charge in [0, 0.05) is 17.5 Å². The summed E-state index contributed by atoms with van der Waals surface area (Å²) in [7, 11) is 1.73. The maximum absolute atomic E-state index is 5.75. The van der Waals surface area contributed by atoms with Gasteiger partial charge in [-0.15, -0.1) is 0 Å². The summed E-state index contributed by atoms with van der Waals surface area (Å²) in [5.41, 5.74) is 4.60. The average Bonchev–Trinajstić information content (AvgIpc) is 2.93. The average molecular weight is 385 g/mol. The topological polar surface area (TPSA) is 27.3 Å². The third-order valence-corrected chi connectivity index (χ3v) is 5.75. The molecule has 0 fully saturated rings. The van der Waals surface area contributed by atoms with Crippen molar-refractivity contribution in [1.82, 2.24) is 4.57 Å². The molecule has 0 radical (unpaired) electrons. The molecular formula is C25H25N2O2+. The zero-order chi connectivity index (χ0) is 19.8. The zero-order valence-corrected chi connectivity index (χ0v) is 16.7. The van der Waals surface area contributed by atoms with Crippen molar-refractivity contribution >= 4 is 6.08 Å². The number of imidazole rings is 1. The summed E-state index contributed by atoms with van der Waals surface area (Å²) in [5, 5.41) is 0. The van der Waals surface area contributed by atoms with Gasteiger partial charge in [-0.2, -0.15) is 4.57 Å². The Hall–Kier alpha value is -3.27. The van der Waals surface area contributed by atoms with Crippen LogP contribution in [0, 0.1) is 0 Å². The van der Waals surface area contributed by atoms with E-state index in [1.54, 1.807) is 7.11 Å². The number of hydrogen-bond donors (Lipinski definition) is 0. The van der Waals surface area contributed by atoms with Crippen LogP contribution in [0.15, 0.2) is 67.1 Å². The Bertz CT molecular complexity index is 1120. The van der Waals surface area contributed by atoms with E-state index < -0.39 is 0 Å². The van der Waals surface area contributed by atoms with Gasteiger partial charge in [0.05, 0.1) is 13.7 Å². The van der Waals surface area contributed by atoms with Crippen LogP contribution in [0.25, 0.3) is 23.0 Å². The molecule has 0 bridgehead atoms. The minimum atomic E-state index is 0.677. The molecule has 0 amide bonds. The van der Waals surface area contributed by atoms with E-state index in [0.29, 0.717) is 5.76 Å². The van der Waals surface area contributed by atoms with Crippen LogP contribution < -0.4 is 14.0 Å². The predicted octanol–water partition coefficient (Wildman–Crippen LogP) is 5.09. The van der Waals surface area contributed by atoms with Gasteiger partial charge in [0.15, 0.2) is 17.1 Å². The van der Waals surface area contributed by atoms with Crippen molar-refractivity contribution < 1.29 is 14.0 Å². The van der Waals surface area contributed by atoms with E-state index in [4.69, 9.17) is 9.47 Å². The molecule has 1 aromatic heterocycles. The predicted molar refractivity (Wildman–Crippen MR) is 114 cm³/mol. The maximum Gasteiger partial charge on any atom is 0.262 e. The molecule has 0 spiro atoms. The second kappa shape index (κ2) is 7.28. The van der Waals surface area contributed by atoms with E-state index in [1.165, 1.54) is 36.3 Å². The first kappa shape index (κ1) is 17.8.